The molecule has 0 aliphatic rings. The van der Waals surface area contributed by atoms with Gasteiger partial charge in [0.05, 0.1) is 17.7 Å². The van der Waals surface area contributed by atoms with Crippen molar-refractivity contribution in [2.75, 3.05) is 7.05 Å². The van der Waals surface area contributed by atoms with Gasteiger partial charge in [-0.3, -0.25) is 19.6 Å². The van der Waals surface area contributed by atoms with Crippen molar-refractivity contribution >= 4 is 11.6 Å². The lowest BCUT2D eigenvalue weighted by molar-refractivity contribution is -0.385. The summed E-state index contributed by atoms with van der Waals surface area (Å²) in [5, 5.41) is 15.3. The number of nitrogens with zero attached hydrogens (tertiary/aromatic N) is 5. The van der Waals surface area contributed by atoms with Crippen LogP contribution in [0.15, 0.2) is 55.0 Å². The van der Waals surface area contributed by atoms with Crippen LogP contribution in [-0.4, -0.2) is 37.1 Å². The number of aromatic nitrogens is 3. The summed E-state index contributed by atoms with van der Waals surface area (Å²) in [7, 11) is 3.37. The topological polar surface area (TPSA) is 86.2 Å². The van der Waals surface area contributed by atoms with Crippen molar-refractivity contribution < 1.29 is 9.72 Å². The quantitative estimate of drug-likeness (QED) is 0.527. The fraction of sp³-hybridized carbons (Fsp3) is 0.176. The predicted octanol–water partition coefficient (Wildman–Crippen LogP) is 2.39. The van der Waals surface area contributed by atoms with Gasteiger partial charge in [0.1, 0.15) is 11.4 Å². The molecule has 2 aromatic heterocycles. The molecule has 0 unspecified atom stereocenters. The number of benzene rings is 1. The van der Waals surface area contributed by atoms with Crippen LogP contribution in [0.5, 0.6) is 0 Å². The molecule has 8 heteroatoms. The highest BCUT2D eigenvalue weighted by Crippen LogP contribution is 2.21. The van der Waals surface area contributed by atoms with Crippen LogP contribution in [0, 0.1) is 10.1 Å². The first-order valence-electron chi connectivity index (χ1n) is 7.62. The molecule has 2 heterocycles. The number of aryl methyl sites for hydroxylation is 1. The molecule has 3 aromatic rings. The smallest absolute Gasteiger partial charge is 0.274 e. The van der Waals surface area contributed by atoms with Crippen LogP contribution in [0.2, 0.25) is 0 Å². The van der Waals surface area contributed by atoms with Crippen LogP contribution in [0.4, 0.5) is 5.69 Å². The molecule has 0 saturated carbocycles. The second-order valence-electron chi connectivity index (χ2n) is 5.64. The number of amides is 1. The number of rotatable bonds is 5. The Labute approximate surface area is 144 Å². The van der Waals surface area contributed by atoms with Gasteiger partial charge in [-0.15, -0.1) is 0 Å². The standard InChI is InChI=1S/C17H17N5O3/c1-19(12-13-7-3-4-8-15(13)22(24)25)17(23)14-11-18-20(2)16(14)21-9-5-6-10-21/h3-11H,12H2,1-2H3. The van der Waals surface area contributed by atoms with Crippen molar-refractivity contribution in [2.24, 2.45) is 7.05 Å². The Balaban J connectivity index is 1.89. The van der Waals surface area contributed by atoms with E-state index in [4.69, 9.17) is 0 Å². The highest BCUT2D eigenvalue weighted by atomic mass is 16.6. The molecule has 0 radical (unpaired) electrons. The predicted molar refractivity (Wildman–Crippen MR) is 91.4 cm³/mol. The van der Waals surface area contributed by atoms with Gasteiger partial charge < -0.3 is 9.47 Å². The summed E-state index contributed by atoms with van der Waals surface area (Å²) in [6, 6.07) is 10.1. The summed E-state index contributed by atoms with van der Waals surface area (Å²) < 4.78 is 3.42. The van der Waals surface area contributed by atoms with E-state index >= 15 is 0 Å². The normalized spacial score (nSPS) is 10.6. The molecular formula is C17H17N5O3. The lowest BCUT2D eigenvalue weighted by Crippen LogP contribution is -2.27. The van der Waals surface area contributed by atoms with Gasteiger partial charge in [0, 0.05) is 38.1 Å². The van der Waals surface area contributed by atoms with E-state index < -0.39 is 4.92 Å². The van der Waals surface area contributed by atoms with Gasteiger partial charge in [0.15, 0.2) is 0 Å². The third-order valence-electron chi connectivity index (χ3n) is 3.93. The van der Waals surface area contributed by atoms with Crippen molar-refractivity contribution in [1.82, 2.24) is 19.2 Å². The van der Waals surface area contributed by atoms with Crippen LogP contribution >= 0.6 is 0 Å². The summed E-state index contributed by atoms with van der Waals surface area (Å²) in [6.07, 6.45) is 5.17. The van der Waals surface area contributed by atoms with Crippen molar-refractivity contribution in [3.63, 3.8) is 0 Å². The summed E-state index contributed by atoms with van der Waals surface area (Å²) >= 11 is 0. The van der Waals surface area contributed by atoms with E-state index in [9.17, 15) is 14.9 Å². The molecular weight excluding hydrogens is 322 g/mol. The summed E-state index contributed by atoms with van der Waals surface area (Å²) in [5.41, 5.74) is 0.911. The third-order valence-corrected chi connectivity index (χ3v) is 3.93. The Bertz CT molecular complexity index is 914. The molecule has 1 aromatic carbocycles. The zero-order valence-electron chi connectivity index (χ0n) is 13.9. The first-order valence-corrected chi connectivity index (χ1v) is 7.62. The maximum Gasteiger partial charge on any atom is 0.274 e. The van der Waals surface area contributed by atoms with E-state index in [1.807, 2.05) is 24.5 Å². The molecule has 0 N–H and O–H groups in total. The van der Waals surface area contributed by atoms with Crippen molar-refractivity contribution in [3.8, 4) is 5.82 Å². The average molecular weight is 339 g/mol. The largest absolute Gasteiger partial charge is 0.337 e. The minimum absolute atomic E-state index is 0.000954. The average Bonchev–Trinajstić information content (AvgIpc) is 3.23. The van der Waals surface area contributed by atoms with E-state index in [1.165, 1.54) is 17.2 Å². The lowest BCUT2D eigenvalue weighted by atomic mass is 10.1. The van der Waals surface area contributed by atoms with Crippen LogP contribution < -0.4 is 0 Å². The van der Waals surface area contributed by atoms with Gasteiger partial charge in [-0.25, -0.2) is 0 Å². The number of hydrogen-bond donors (Lipinski definition) is 0. The van der Waals surface area contributed by atoms with Crippen LogP contribution in [0.1, 0.15) is 15.9 Å². The molecule has 8 nitrogen and oxygen atoms in total. The maximum atomic E-state index is 12.8. The highest BCUT2D eigenvalue weighted by Gasteiger charge is 2.22. The minimum Gasteiger partial charge on any atom is -0.337 e. The fourth-order valence-corrected chi connectivity index (χ4v) is 2.72. The highest BCUT2D eigenvalue weighted by molar-refractivity contribution is 5.97. The van der Waals surface area contributed by atoms with Crippen LogP contribution in [0.25, 0.3) is 5.82 Å². The van der Waals surface area contributed by atoms with E-state index in [2.05, 4.69) is 5.10 Å². The monoisotopic (exact) mass is 339 g/mol. The van der Waals surface area contributed by atoms with E-state index in [-0.39, 0.29) is 18.1 Å². The third kappa shape index (κ3) is 3.14. The zero-order valence-corrected chi connectivity index (χ0v) is 13.9. The van der Waals surface area contributed by atoms with Gasteiger partial charge >= 0.3 is 0 Å². The Morgan fingerprint density at radius 3 is 2.60 bits per heavy atom. The first kappa shape index (κ1) is 16.4. The van der Waals surface area contributed by atoms with Gasteiger partial charge in [-0.05, 0) is 12.1 Å². The fourth-order valence-electron chi connectivity index (χ4n) is 2.72. The van der Waals surface area contributed by atoms with E-state index in [0.717, 1.165) is 0 Å². The lowest BCUT2D eigenvalue weighted by Gasteiger charge is -2.17. The SMILES string of the molecule is CN(Cc1ccccc1[N+](=O)[O-])C(=O)c1cnn(C)c1-n1cccc1. The molecule has 128 valence electrons. The summed E-state index contributed by atoms with van der Waals surface area (Å²) in [4.78, 5) is 25.0. The van der Waals surface area contributed by atoms with Crippen molar-refractivity contribution in [3.05, 3.63) is 76.2 Å². The Morgan fingerprint density at radius 2 is 1.92 bits per heavy atom. The summed E-state index contributed by atoms with van der Waals surface area (Å²) in [5.74, 6) is 0.388. The van der Waals surface area contributed by atoms with Crippen molar-refractivity contribution in [1.29, 1.82) is 0 Å². The Hall–Kier alpha value is -3.42. The van der Waals surface area contributed by atoms with Crippen LogP contribution in [0.3, 0.4) is 0 Å². The molecule has 0 atom stereocenters. The number of carbonyl (C=O) groups excluding carboxylic acids is 1. The van der Waals surface area contributed by atoms with Crippen LogP contribution in [-0.2, 0) is 13.6 Å². The molecule has 0 aliphatic carbocycles. The molecule has 0 spiro atoms. The zero-order chi connectivity index (χ0) is 18.0. The van der Waals surface area contributed by atoms with Gasteiger partial charge in [-0.1, -0.05) is 18.2 Å². The number of hydrogen-bond acceptors (Lipinski definition) is 4. The molecule has 0 bridgehead atoms. The van der Waals surface area contributed by atoms with Crippen molar-refractivity contribution in [2.45, 2.75) is 6.54 Å². The second-order valence-corrected chi connectivity index (χ2v) is 5.64. The van der Waals surface area contributed by atoms with Gasteiger partial charge in [0.2, 0.25) is 0 Å². The number of para-hydroxylation sites is 1. The number of carbonyl (C=O) groups is 1. The molecule has 0 aliphatic heterocycles. The van der Waals surface area contributed by atoms with E-state index in [0.29, 0.717) is 16.9 Å². The molecule has 0 fully saturated rings. The molecule has 1 amide bonds. The Kier molecular flexibility index (Phi) is 4.34. The van der Waals surface area contributed by atoms with Gasteiger partial charge in [-0.2, -0.15) is 5.10 Å². The second kappa shape index (κ2) is 6.60. The minimum atomic E-state index is -0.441. The summed E-state index contributed by atoms with van der Waals surface area (Å²) in [6.45, 7) is 0.135. The van der Waals surface area contributed by atoms with Gasteiger partial charge in [0.25, 0.3) is 11.6 Å². The molecule has 25 heavy (non-hydrogen) atoms. The number of nitro benzene ring substituents is 1. The maximum absolute atomic E-state index is 12.8. The molecule has 0 saturated heterocycles. The van der Waals surface area contributed by atoms with E-state index in [1.54, 1.807) is 41.5 Å². The number of nitro groups is 1. The molecule has 3 rings (SSSR count). The Morgan fingerprint density at radius 1 is 1.24 bits per heavy atom. The first-order chi connectivity index (χ1) is 12.0.